The Balaban J connectivity index is 1.71. The number of carbonyl (C=O) groups excluding carboxylic acids is 1. The predicted molar refractivity (Wildman–Crippen MR) is 94.6 cm³/mol. The van der Waals surface area contributed by atoms with E-state index in [1.807, 2.05) is 0 Å². The number of likely N-dealkylation sites (tertiary alicyclic amines) is 1. The maximum Gasteiger partial charge on any atom is 0.278 e. The molecule has 132 valence electrons. The molecule has 6 nitrogen and oxygen atoms in total. The van der Waals surface area contributed by atoms with Crippen molar-refractivity contribution in [2.75, 3.05) is 20.2 Å². The summed E-state index contributed by atoms with van der Waals surface area (Å²) in [5, 5.41) is 0.840. The van der Waals surface area contributed by atoms with E-state index in [0.29, 0.717) is 40.5 Å². The van der Waals surface area contributed by atoms with Crippen molar-refractivity contribution >= 4 is 29.1 Å². The highest BCUT2D eigenvalue weighted by Gasteiger charge is 2.28. The van der Waals surface area contributed by atoms with Crippen molar-refractivity contribution in [1.82, 2.24) is 14.9 Å². The first-order valence-electron chi connectivity index (χ1n) is 7.84. The molecule has 1 aromatic carbocycles. The van der Waals surface area contributed by atoms with Gasteiger partial charge in [0.15, 0.2) is 0 Å². The topological polar surface area (TPSA) is 64.6 Å². The lowest BCUT2D eigenvalue weighted by Crippen LogP contribution is -2.44. The first-order valence-corrected chi connectivity index (χ1v) is 8.60. The Hall–Kier alpha value is -2.05. The third-order valence-corrected chi connectivity index (χ3v) is 4.48. The van der Waals surface area contributed by atoms with Gasteiger partial charge in [-0.1, -0.05) is 23.2 Å². The van der Waals surface area contributed by atoms with Crippen molar-refractivity contribution in [2.24, 2.45) is 0 Å². The van der Waals surface area contributed by atoms with Crippen LogP contribution in [0.1, 0.15) is 23.2 Å². The quantitative estimate of drug-likeness (QED) is 0.810. The minimum atomic E-state index is -0.186. The van der Waals surface area contributed by atoms with Gasteiger partial charge in [-0.3, -0.25) is 4.79 Å². The van der Waals surface area contributed by atoms with Gasteiger partial charge in [-0.15, -0.1) is 0 Å². The van der Waals surface area contributed by atoms with Gasteiger partial charge in [0.25, 0.3) is 17.7 Å². The Kier molecular flexibility index (Phi) is 5.60. The Morgan fingerprint density at radius 3 is 2.72 bits per heavy atom. The molecule has 1 aromatic heterocycles. The van der Waals surface area contributed by atoms with Crippen LogP contribution in [0, 0.1) is 0 Å². The van der Waals surface area contributed by atoms with E-state index >= 15 is 0 Å². The molecule has 2 aromatic rings. The van der Waals surface area contributed by atoms with Gasteiger partial charge in [0.2, 0.25) is 0 Å². The molecule has 0 N–H and O–H groups in total. The predicted octanol–water partition coefficient (Wildman–Crippen LogP) is 3.48. The van der Waals surface area contributed by atoms with Crippen LogP contribution < -0.4 is 9.47 Å². The van der Waals surface area contributed by atoms with E-state index in [2.05, 4.69) is 9.97 Å². The van der Waals surface area contributed by atoms with Crippen LogP contribution in [0.3, 0.4) is 0 Å². The number of piperidine rings is 1. The second-order valence-corrected chi connectivity index (χ2v) is 6.47. The number of benzene rings is 1. The van der Waals surface area contributed by atoms with E-state index in [0.717, 1.165) is 12.8 Å². The highest BCUT2D eigenvalue weighted by Crippen LogP contribution is 2.26. The summed E-state index contributed by atoms with van der Waals surface area (Å²) >= 11 is 12.0. The van der Waals surface area contributed by atoms with Crippen LogP contribution in [0.15, 0.2) is 30.6 Å². The second kappa shape index (κ2) is 7.89. The van der Waals surface area contributed by atoms with Crippen LogP contribution in [0.25, 0.3) is 0 Å². The Labute approximate surface area is 155 Å². The molecular formula is C17H17Cl2N3O3. The molecule has 1 atom stereocenters. The number of carbonyl (C=O) groups is 1. The number of aromatic nitrogens is 2. The highest BCUT2D eigenvalue weighted by molar-refractivity contribution is 6.36. The maximum absolute atomic E-state index is 12.7. The van der Waals surface area contributed by atoms with E-state index in [9.17, 15) is 4.79 Å². The fourth-order valence-electron chi connectivity index (χ4n) is 2.74. The van der Waals surface area contributed by atoms with Crippen LogP contribution in [0.5, 0.6) is 11.8 Å². The van der Waals surface area contributed by atoms with E-state index in [-0.39, 0.29) is 12.0 Å². The third-order valence-electron chi connectivity index (χ3n) is 3.93. The van der Waals surface area contributed by atoms with Crippen LogP contribution in [0.4, 0.5) is 0 Å². The molecule has 1 unspecified atom stereocenters. The van der Waals surface area contributed by atoms with Gasteiger partial charge in [0.05, 0.1) is 24.2 Å². The molecule has 1 amide bonds. The normalized spacial score (nSPS) is 17.2. The average molecular weight is 382 g/mol. The maximum atomic E-state index is 12.7. The molecule has 2 heterocycles. The van der Waals surface area contributed by atoms with Gasteiger partial charge in [-0.25, -0.2) is 9.97 Å². The number of halogens is 2. The van der Waals surface area contributed by atoms with Crippen molar-refractivity contribution < 1.29 is 14.3 Å². The standard InChI is InChI=1S/C17H17Cl2N3O3/c1-24-15-16(21-7-6-20-15)25-12-3-2-8-22(10-12)17(23)13-5-4-11(18)9-14(13)19/h4-7,9,12H,2-3,8,10H2,1H3. The van der Waals surface area contributed by atoms with Crippen LogP contribution in [-0.4, -0.2) is 47.1 Å². The number of amides is 1. The lowest BCUT2D eigenvalue weighted by Gasteiger charge is -2.33. The first-order chi connectivity index (χ1) is 12.1. The minimum absolute atomic E-state index is 0.138. The van der Waals surface area contributed by atoms with E-state index in [1.165, 1.54) is 19.5 Å². The van der Waals surface area contributed by atoms with Crippen molar-refractivity contribution in [1.29, 1.82) is 0 Å². The van der Waals surface area contributed by atoms with Gasteiger partial charge >= 0.3 is 0 Å². The molecule has 1 aliphatic heterocycles. The third kappa shape index (κ3) is 4.14. The summed E-state index contributed by atoms with van der Waals surface area (Å²) in [5.41, 5.74) is 0.434. The van der Waals surface area contributed by atoms with E-state index in [1.54, 1.807) is 23.1 Å². The largest absolute Gasteiger partial charge is 0.477 e. The van der Waals surface area contributed by atoms with Crippen LogP contribution in [-0.2, 0) is 0 Å². The SMILES string of the molecule is COc1nccnc1OC1CCCN(C(=O)c2ccc(Cl)cc2Cl)C1. The number of hydrogen-bond acceptors (Lipinski definition) is 5. The lowest BCUT2D eigenvalue weighted by molar-refractivity contribution is 0.0519. The molecule has 0 aliphatic carbocycles. The molecular weight excluding hydrogens is 365 g/mol. The summed E-state index contributed by atoms with van der Waals surface area (Å²) in [6, 6.07) is 4.87. The molecule has 1 aliphatic rings. The first kappa shape index (κ1) is 17.8. The van der Waals surface area contributed by atoms with E-state index < -0.39 is 0 Å². The minimum Gasteiger partial charge on any atom is -0.477 e. The Morgan fingerprint density at radius 1 is 1.24 bits per heavy atom. The van der Waals surface area contributed by atoms with Crippen molar-refractivity contribution in [3.63, 3.8) is 0 Å². The molecule has 1 saturated heterocycles. The van der Waals surface area contributed by atoms with Crippen molar-refractivity contribution in [3.05, 3.63) is 46.2 Å². The molecule has 1 fully saturated rings. The lowest BCUT2D eigenvalue weighted by atomic mass is 10.1. The molecule has 0 saturated carbocycles. The number of rotatable bonds is 4. The molecule has 25 heavy (non-hydrogen) atoms. The zero-order valence-corrected chi connectivity index (χ0v) is 15.1. The number of methoxy groups -OCH3 is 1. The van der Waals surface area contributed by atoms with Crippen LogP contribution in [0.2, 0.25) is 10.0 Å². The van der Waals surface area contributed by atoms with Crippen LogP contribution >= 0.6 is 23.2 Å². The Morgan fingerprint density at radius 2 is 2.00 bits per heavy atom. The number of nitrogens with zero attached hydrogens (tertiary/aromatic N) is 3. The molecule has 0 radical (unpaired) electrons. The fourth-order valence-corrected chi connectivity index (χ4v) is 3.23. The summed E-state index contributed by atoms with van der Waals surface area (Å²) in [5.74, 6) is 0.515. The molecule has 0 spiro atoms. The summed E-state index contributed by atoms with van der Waals surface area (Å²) in [7, 11) is 1.51. The fraction of sp³-hybridized carbons (Fsp3) is 0.353. The molecule has 8 heteroatoms. The highest BCUT2D eigenvalue weighted by atomic mass is 35.5. The van der Waals surface area contributed by atoms with Gasteiger partial charge in [0, 0.05) is 24.0 Å². The monoisotopic (exact) mass is 381 g/mol. The summed E-state index contributed by atoms with van der Waals surface area (Å²) in [4.78, 5) is 22.7. The summed E-state index contributed by atoms with van der Waals surface area (Å²) in [6.45, 7) is 1.09. The number of hydrogen-bond donors (Lipinski definition) is 0. The van der Waals surface area contributed by atoms with Crippen molar-refractivity contribution in [3.8, 4) is 11.8 Å². The number of ether oxygens (including phenoxy) is 2. The zero-order valence-electron chi connectivity index (χ0n) is 13.6. The smallest absolute Gasteiger partial charge is 0.278 e. The van der Waals surface area contributed by atoms with Gasteiger partial charge in [-0.2, -0.15) is 0 Å². The van der Waals surface area contributed by atoms with Crippen molar-refractivity contribution in [2.45, 2.75) is 18.9 Å². The average Bonchev–Trinajstić information content (AvgIpc) is 2.62. The molecule has 3 rings (SSSR count). The Bertz CT molecular complexity index is 773. The van der Waals surface area contributed by atoms with Gasteiger partial charge in [0.1, 0.15) is 6.10 Å². The van der Waals surface area contributed by atoms with E-state index in [4.69, 9.17) is 32.7 Å². The summed E-state index contributed by atoms with van der Waals surface area (Å²) < 4.78 is 11.0. The van der Waals surface area contributed by atoms with Gasteiger partial charge in [-0.05, 0) is 31.0 Å². The zero-order chi connectivity index (χ0) is 17.8. The van der Waals surface area contributed by atoms with Gasteiger partial charge < -0.3 is 14.4 Å². The summed E-state index contributed by atoms with van der Waals surface area (Å²) in [6.07, 6.45) is 4.53. The second-order valence-electron chi connectivity index (χ2n) is 5.63. The molecule has 0 bridgehead atoms.